The number of ether oxygens (including phenoxy) is 3. The Kier molecular flexibility index (Phi) is 5.11. The van der Waals surface area contributed by atoms with E-state index in [1.54, 1.807) is 50.4 Å². The number of methoxy groups -OCH3 is 1. The first kappa shape index (κ1) is 19.5. The van der Waals surface area contributed by atoms with Gasteiger partial charge in [0, 0.05) is 6.07 Å². The third-order valence-corrected chi connectivity index (χ3v) is 4.80. The zero-order valence-electron chi connectivity index (χ0n) is 16.9. The van der Waals surface area contributed by atoms with Crippen molar-refractivity contribution in [2.75, 3.05) is 7.11 Å². The van der Waals surface area contributed by atoms with E-state index in [0.29, 0.717) is 33.9 Å². The van der Waals surface area contributed by atoms with Gasteiger partial charge in [0.1, 0.15) is 17.2 Å². The van der Waals surface area contributed by atoms with Crippen LogP contribution < -0.4 is 14.2 Å². The summed E-state index contributed by atoms with van der Waals surface area (Å²) in [6.45, 7) is 3.70. The zero-order chi connectivity index (χ0) is 21.3. The van der Waals surface area contributed by atoms with E-state index in [1.807, 2.05) is 37.3 Å². The van der Waals surface area contributed by atoms with Crippen LogP contribution in [0.3, 0.4) is 0 Å². The number of allylic oxidation sites excluding steroid dienone is 1. The first-order valence-corrected chi connectivity index (χ1v) is 9.46. The molecule has 0 radical (unpaired) electrons. The molecule has 5 heteroatoms. The number of Topliss-reactive ketones (excluding diaryl/α,β-unsaturated/α-hetero) is 1. The van der Waals surface area contributed by atoms with Gasteiger partial charge in [0.15, 0.2) is 5.76 Å². The van der Waals surface area contributed by atoms with Gasteiger partial charge >= 0.3 is 5.97 Å². The summed E-state index contributed by atoms with van der Waals surface area (Å²) >= 11 is 0. The highest BCUT2D eigenvalue weighted by Gasteiger charge is 2.30. The molecule has 0 bridgehead atoms. The lowest BCUT2D eigenvalue weighted by atomic mass is 10.0. The highest BCUT2D eigenvalue weighted by Crippen LogP contribution is 2.37. The van der Waals surface area contributed by atoms with Gasteiger partial charge in [0.2, 0.25) is 5.78 Å². The molecule has 0 saturated heterocycles. The molecule has 0 amide bonds. The summed E-state index contributed by atoms with van der Waals surface area (Å²) in [5, 5.41) is 0. The van der Waals surface area contributed by atoms with Crippen molar-refractivity contribution in [3.05, 3.63) is 94.2 Å². The first-order valence-electron chi connectivity index (χ1n) is 9.46. The molecular formula is C25H20O5. The van der Waals surface area contributed by atoms with E-state index in [-0.39, 0.29) is 11.5 Å². The van der Waals surface area contributed by atoms with Gasteiger partial charge in [-0.2, -0.15) is 0 Å². The Morgan fingerprint density at radius 1 is 0.967 bits per heavy atom. The predicted molar refractivity (Wildman–Crippen MR) is 113 cm³/mol. The first-order chi connectivity index (χ1) is 14.4. The number of rotatable bonds is 4. The summed E-state index contributed by atoms with van der Waals surface area (Å²) in [4.78, 5) is 25.3. The average Bonchev–Trinajstić information content (AvgIpc) is 3.03. The Morgan fingerprint density at radius 3 is 2.53 bits per heavy atom. The molecule has 0 saturated carbocycles. The van der Waals surface area contributed by atoms with Crippen molar-refractivity contribution in [2.24, 2.45) is 0 Å². The maximum Gasteiger partial charge on any atom is 0.343 e. The number of aryl methyl sites for hydroxylation is 2. The van der Waals surface area contributed by atoms with Crippen LogP contribution in [0.25, 0.3) is 6.08 Å². The quantitative estimate of drug-likeness (QED) is 0.344. The Bertz CT molecular complexity index is 1190. The number of carbonyl (C=O) groups excluding carboxylic acids is 2. The van der Waals surface area contributed by atoms with Crippen molar-refractivity contribution in [1.82, 2.24) is 0 Å². The highest BCUT2D eigenvalue weighted by molar-refractivity contribution is 6.15. The predicted octanol–water partition coefficient (Wildman–Crippen LogP) is 5.15. The molecule has 1 aliphatic heterocycles. The molecular weight excluding hydrogens is 380 g/mol. The van der Waals surface area contributed by atoms with Crippen LogP contribution in [-0.2, 0) is 0 Å². The van der Waals surface area contributed by atoms with Crippen molar-refractivity contribution in [1.29, 1.82) is 0 Å². The fourth-order valence-corrected chi connectivity index (χ4v) is 3.36. The van der Waals surface area contributed by atoms with E-state index in [4.69, 9.17) is 14.2 Å². The average molecular weight is 400 g/mol. The van der Waals surface area contributed by atoms with E-state index < -0.39 is 5.97 Å². The molecule has 3 aromatic rings. The second-order valence-corrected chi connectivity index (χ2v) is 7.09. The zero-order valence-corrected chi connectivity index (χ0v) is 16.9. The Labute approximate surface area is 174 Å². The standard InChI is InChI=1S/C25H20O5/c1-15-6-4-8-18(10-15)25(27)29-20-11-16(2)23-21(14-20)30-22(24(23)26)13-17-7-5-9-19(12-17)28-3/h4-14H,1-3H3/b22-13-. The minimum absolute atomic E-state index is 0.207. The Balaban J connectivity index is 1.61. The van der Waals surface area contributed by atoms with Crippen molar-refractivity contribution in [3.63, 3.8) is 0 Å². The SMILES string of the molecule is COc1cccc(/C=C2\Oc3cc(OC(=O)c4cccc(C)c4)cc(C)c3C2=O)c1. The summed E-state index contributed by atoms with van der Waals surface area (Å²) in [5.41, 5.74) is 3.37. The molecule has 0 spiro atoms. The van der Waals surface area contributed by atoms with Crippen molar-refractivity contribution in [3.8, 4) is 17.2 Å². The fourth-order valence-electron chi connectivity index (χ4n) is 3.36. The molecule has 1 heterocycles. The van der Waals surface area contributed by atoms with Gasteiger partial charge in [0.25, 0.3) is 0 Å². The van der Waals surface area contributed by atoms with Crippen LogP contribution in [0, 0.1) is 13.8 Å². The lowest BCUT2D eigenvalue weighted by Gasteiger charge is -2.08. The van der Waals surface area contributed by atoms with Gasteiger partial charge in [-0.15, -0.1) is 0 Å². The molecule has 0 aromatic heterocycles. The van der Waals surface area contributed by atoms with Crippen LogP contribution in [0.2, 0.25) is 0 Å². The molecule has 0 aliphatic carbocycles. The number of ketones is 1. The van der Waals surface area contributed by atoms with Crippen LogP contribution in [0.15, 0.2) is 66.4 Å². The minimum Gasteiger partial charge on any atom is -0.497 e. The van der Waals surface area contributed by atoms with Gasteiger partial charge in [-0.1, -0.05) is 29.8 Å². The number of carbonyl (C=O) groups is 2. The number of fused-ring (bicyclic) bond motifs is 1. The van der Waals surface area contributed by atoms with Crippen molar-refractivity contribution < 1.29 is 23.8 Å². The Hall–Kier alpha value is -3.86. The molecule has 5 nitrogen and oxygen atoms in total. The normalized spacial score (nSPS) is 13.7. The summed E-state index contributed by atoms with van der Waals surface area (Å²) in [6.07, 6.45) is 1.67. The van der Waals surface area contributed by atoms with E-state index in [9.17, 15) is 9.59 Å². The summed E-state index contributed by atoms with van der Waals surface area (Å²) in [5.74, 6) is 0.933. The summed E-state index contributed by atoms with van der Waals surface area (Å²) < 4.78 is 16.5. The molecule has 1 aliphatic rings. The van der Waals surface area contributed by atoms with Crippen molar-refractivity contribution in [2.45, 2.75) is 13.8 Å². The Morgan fingerprint density at radius 2 is 1.77 bits per heavy atom. The molecule has 0 N–H and O–H groups in total. The van der Waals surface area contributed by atoms with Gasteiger partial charge in [-0.3, -0.25) is 4.79 Å². The second-order valence-electron chi connectivity index (χ2n) is 7.09. The molecule has 3 aromatic carbocycles. The summed E-state index contributed by atoms with van der Waals surface area (Å²) in [7, 11) is 1.59. The molecule has 0 unspecified atom stereocenters. The maximum absolute atomic E-state index is 12.8. The van der Waals surface area contributed by atoms with Gasteiger partial charge < -0.3 is 14.2 Å². The number of esters is 1. The summed E-state index contributed by atoms with van der Waals surface area (Å²) in [6, 6.07) is 17.7. The number of benzene rings is 3. The highest BCUT2D eigenvalue weighted by atomic mass is 16.5. The largest absolute Gasteiger partial charge is 0.497 e. The van der Waals surface area contributed by atoms with Gasteiger partial charge in [-0.25, -0.2) is 4.79 Å². The van der Waals surface area contributed by atoms with Crippen LogP contribution in [0.1, 0.15) is 37.4 Å². The fraction of sp³-hybridized carbons (Fsp3) is 0.120. The lowest BCUT2D eigenvalue weighted by Crippen LogP contribution is -2.09. The third-order valence-electron chi connectivity index (χ3n) is 4.80. The van der Waals surface area contributed by atoms with Crippen LogP contribution in [0.4, 0.5) is 0 Å². The van der Waals surface area contributed by atoms with Crippen LogP contribution in [-0.4, -0.2) is 18.9 Å². The van der Waals surface area contributed by atoms with Crippen LogP contribution in [0.5, 0.6) is 17.2 Å². The molecule has 0 atom stereocenters. The minimum atomic E-state index is -0.463. The maximum atomic E-state index is 12.8. The molecule has 4 rings (SSSR count). The van der Waals surface area contributed by atoms with E-state index >= 15 is 0 Å². The van der Waals surface area contributed by atoms with Gasteiger partial charge in [0.05, 0.1) is 18.2 Å². The molecule has 150 valence electrons. The van der Waals surface area contributed by atoms with Crippen LogP contribution >= 0.6 is 0 Å². The second kappa shape index (κ2) is 7.87. The van der Waals surface area contributed by atoms with Crippen molar-refractivity contribution >= 4 is 17.8 Å². The third kappa shape index (κ3) is 3.82. The lowest BCUT2D eigenvalue weighted by molar-refractivity contribution is 0.0734. The number of hydrogen-bond acceptors (Lipinski definition) is 5. The smallest absolute Gasteiger partial charge is 0.343 e. The topological polar surface area (TPSA) is 61.8 Å². The van der Waals surface area contributed by atoms with E-state index in [1.165, 1.54) is 0 Å². The molecule has 0 fully saturated rings. The molecule has 30 heavy (non-hydrogen) atoms. The monoisotopic (exact) mass is 400 g/mol. The van der Waals surface area contributed by atoms with E-state index in [0.717, 1.165) is 11.1 Å². The van der Waals surface area contributed by atoms with Gasteiger partial charge in [-0.05, 0) is 61.4 Å². The number of hydrogen-bond donors (Lipinski definition) is 0. The van der Waals surface area contributed by atoms with E-state index in [2.05, 4.69) is 0 Å².